The number of H-pyrrole nitrogens is 1. The monoisotopic (exact) mass is 423 g/mol. The van der Waals surface area contributed by atoms with Gasteiger partial charge in [-0.1, -0.05) is 42.5 Å². The Morgan fingerprint density at radius 1 is 0.938 bits per heavy atom. The van der Waals surface area contributed by atoms with Gasteiger partial charge in [-0.3, -0.25) is 0 Å². The molecule has 3 aromatic carbocycles. The van der Waals surface area contributed by atoms with Crippen LogP contribution in [0.5, 0.6) is 0 Å². The van der Waals surface area contributed by atoms with E-state index < -0.39 is 11.6 Å². The van der Waals surface area contributed by atoms with Gasteiger partial charge in [0.2, 0.25) is 0 Å². The number of imidazole rings is 1. The molecule has 0 amide bonds. The lowest BCUT2D eigenvalue weighted by Gasteiger charge is -2.04. The van der Waals surface area contributed by atoms with Crippen molar-refractivity contribution >= 4 is 11.0 Å². The Hall–Kier alpha value is -4.37. The number of hydrogen-bond donors (Lipinski definition) is 1. The van der Waals surface area contributed by atoms with Gasteiger partial charge in [0.25, 0.3) is 0 Å². The van der Waals surface area contributed by atoms with E-state index in [0.717, 1.165) is 28.3 Å². The maximum atomic E-state index is 14.1. The minimum Gasteiger partial charge on any atom is -0.333 e. The highest BCUT2D eigenvalue weighted by atomic mass is 19.2. The summed E-state index contributed by atoms with van der Waals surface area (Å²) in [5.74, 6) is -1.53. The first-order chi connectivity index (χ1) is 15.6. The molecule has 2 heterocycles. The van der Waals surface area contributed by atoms with E-state index in [1.165, 1.54) is 12.1 Å². The number of halogens is 2. The van der Waals surface area contributed by atoms with Crippen LogP contribution in [0.15, 0.2) is 85.2 Å². The van der Waals surface area contributed by atoms with Crippen molar-refractivity contribution in [2.75, 3.05) is 0 Å². The van der Waals surface area contributed by atoms with Crippen molar-refractivity contribution in [2.45, 2.75) is 6.54 Å². The Balaban J connectivity index is 1.39. The Kier molecular flexibility index (Phi) is 4.92. The first-order valence-corrected chi connectivity index (χ1v) is 10.0. The Labute approximate surface area is 183 Å². The average Bonchev–Trinajstić information content (AvgIpc) is 3.24. The summed E-state index contributed by atoms with van der Waals surface area (Å²) in [4.78, 5) is 7.48. The highest BCUT2D eigenvalue weighted by molar-refractivity contribution is 5.77. The van der Waals surface area contributed by atoms with Gasteiger partial charge in [0.15, 0.2) is 30.6 Å². The predicted octanol–water partition coefficient (Wildman–Crippen LogP) is 5.38. The molecule has 2 aromatic heterocycles. The van der Waals surface area contributed by atoms with Crippen molar-refractivity contribution in [3.63, 3.8) is 0 Å². The van der Waals surface area contributed by atoms with Crippen LogP contribution in [0.3, 0.4) is 0 Å². The summed E-state index contributed by atoms with van der Waals surface area (Å²) < 4.78 is 29.7. The molecule has 1 N–H and O–H groups in total. The quantitative estimate of drug-likeness (QED) is 0.395. The highest BCUT2D eigenvalue weighted by Gasteiger charge is 2.15. The summed E-state index contributed by atoms with van der Waals surface area (Å²) in [6, 6.07) is 23.7. The zero-order valence-corrected chi connectivity index (χ0v) is 16.9. The SMILES string of the molecule is N#Cc1cccc(-c2ccc(C[n+]3ccc4nc(-c5cccc(F)c5F)[nH]c4c3)cc2)c1. The second kappa shape index (κ2) is 8.05. The molecule has 6 heteroatoms. The van der Waals surface area contributed by atoms with Crippen LogP contribution >= 0.6 is 0 Å². The normalized spacial score (nSPS) is 10.9. The molecule has 5 aromatic rings. The number of pyridine rings is 1. The first-order valence-electron chi connectivity index (χ1n) is 10.0. The van der Waals surface area contributed by atoms with E-state index in [4.69, 9.17) is 5.26 Å². The van der Waals surface area contributed by atoms with Gasteiger partial charge < -0.3 is 4.98 Å². The van der Waals surface area contributed by atoms with E-state index in [-0.39, 0.29) is 5.56 Å². The molecule has 0 aliphatic carbocycles. The molecule has 0 fully saturated rings. The maximum Gasteiger partial charge on any atom is 0.195 e. The predicted molar refractivity (Wildman–Crippen MR) is 117 cm³/mol. The Morgan fingerprint density at radius 3 is 2.56 bits per heavy atom. The zero-order chi connectivity index (χ0) is 22.1. The molecule has 0 spiro atoms. The number of aromatic amines is 1. The maximum absolute atomic E-state index is 14.1. The molecule has 0 saturated heterocycles. The van der Waals surface area contributed by atoms with Crippen molar-refractivity contribution in [3.05, 3.63) is 108 Å². The van der Waals surface area contributed by atoms with Gasteiger partial charge >= 0.3 is 0 Å². The molecule has 0 saturated carbocycles. The molecular weight excluding hydrogens is 406 g/mol. The fourth-order valence-electron chi connectivity index (χ4n) is 3.70. The summed E-state index contributed by atoms with van der Waals surface area (Å²) in [6.45, 7) is 0.636. The molecule has 5 rings (SSSR count). The van der Waals surface area contributed by atoms with Crippen LogP contribution in [0.2, 0.25) is 0 Å². The van der Waals surface area contributed by atoms with Crippen LogP contribution in [0.1, 0.15) is 11.1 Å². The summed E-state index contributed by atoms with van der Waals surface area (Å²) in [5, 5.41) is 9.09. The van der Waals surface area contributed by atoms with E-state index >= 15 is 0 Å². The fraction of sp³-hybridized carbons (Fsp3) is 0.0385. The van der Waals surface area contributed by atoms with Gasteiger partial charge in [0, 0.05) is 11.6 Å². The van der Waals surface area contributed by atoms with E-state index in [1.54, 1.807) is 6.07 Å². The molecule has 0 aliphatic rings. The topological polar surface area (TPSA) is 56.4 Å². The number of nitrogens with zero attached hydrogens (tertiary/aromatic N) is 3. The summed E-state index contributed by atoms with van der Waals surface area (Å²) in [7, 11) is 0. The minimum atomic E-state index is -0.917. The smallest absolute Gasteiger partial charge is 0.195 e. The fourth-order valence-corrected chi connectivity index (χ4v) is 3.70. The molecule has 0 unspecified atom stereocenters. The Bertz CT molecular complexity index is 1480. The van der Waals surface area contributed by atoms with Crippen molar-refractivity contribution in [1.82, 2.24) is 9.97 Å². The Morgan fingerprint density at radius 2 is 1.75 bits per heavy atom. The molecule has 0 bridgehead atoms. The van der Waals surface area contributed by atoms with E-state index in [0.29, 0.717) is 23.4 Å². The number of nitriles is 1. The van der Waals surface area contributed by atoms with Crippen LogP contribution in [0.25, 0.3) is 33.5 Å². The minimum absolute atomic E-state index is 0.101. The molecule has 0 radical (unpaired) electrons. The lowest BCUT2D eigenvalue weighted by atomic mass is 10.0. The summed E-state index contributed by atoms with van der Waals surface area (Å²) in [6.07, 6.45) is 3.80. The first kappa shape index (κ1) is 19.6. The van der Waals surface area contributed by atoms with Crippen LogP contribution in [0.4, 0.5) is 8.78 Å². The van der Waals surface area contributed by atoms with Gasteiger partial charge in [-0.05, 0) is 35.4 Å². The van der Waals surface area contributed by atoms with Crippen LogP contribution in [0, 0.1) is 23.0 Å². The molecular formula is C26H17F2N4+. The van der Waals surface area contributed by atoms with Crippen LogP contribution in [-0.4, -0.2) is 9.97 Å². The third-order valence-corrected chi connectivity index (χ3v) is 5.33. The summed E-state index contributed by atoms with van der Waals surface area (Å²) >= 11 is 0. The standard InChI is InChI=1S/C26H16F2N4/c27-22-6-2-5-21(25(22)28)26-30-23-11-12-32(16-24(23)31-26)15-17-7-9-19(10-8-17)20-4-1-3-18(13-20)14-29/h1-13,16H,15H2/p+1. The van der Waals surface area contributed by atoms with Crippen LogP contribution < -0.4 is 4.57 Å². The van der Waals surface area contributed by atoms with E-state index in [1.807, 2.05) is 65.5 Å². The molecule has 4 nitrogen and oxygen atoms in total. The largest absolute Gasteiger partial charge is 0.333 e. The number of benzene rings is 3. The molecule has 0 atom stereocenters. The molecule has 32 heavy (non-hydrogen) atoms. The van der Waals surface area contributed by atoms with Gasteiger partial charge in [0.05, 0.1) is 17.2 Å². The highest BCUT2D eigenvalue weighted by Crippen LogP contribution is 2.24. The van der Waals surface area contributed by atoms with Gasteiger partial charge in [0.1, 0.15) is 16.9 Å². The second-order valence-corrected chi connectivity index (χ2v) is 7.49. The van der Waals surface area contributed by atoms with Crippen molar-refractivity contribution in [2.24, 2.45) is 0 Å². The van der Waals surface area contributed by atoms with Crippen molar-refractivity contribution < 1.29 is 13.3 Å². The molecule has 154 valence electrons. The van der Waals surface area contributed by atoms with Gasteiger partial charge in [-0.2, -0.15) is 9.83 Å². The van der Waals surface area contributed by atoms with Gasteiger partial charge in [-0.15, -0.1) is 0 Å². The zero-order valence-electron chi connectivity index (χ0n) is 16.9. The number of aromatic nitrogens is 3. The van der Waals surface area contributed by atoms with Crippen molar-refractivity contribution in [3.8, 4) is 28.6 Å². The van der Waals surface area contributed by atoms with E-state index in [9.17, 15) is 8.78 Å². The summed E-state index contributed by atoms with van der Waals surface area (Å²) in [5.41, 5.74) is 5.28. The average molecular weight is 423 g/mol. The van der Waals surface area contributed by atoms with Crippen molar-refractivity contribution in [1.29, 1.82) is 5.26 Å². The van der Waals surface area contributed by atoms with Crippen LogP contribution in [-0.2, 0) is 6.54 Å². The number of fused-ring (bicyclic) bond motifs is 1. The number of hydrogen-bond acceptors (Lipinski definition) is 2. The van der Waals surface area contributed by atoms with E-state index in [2.05, 4.69) is 16.0 Å². The lowest BCUT2D eigenvalue weighted by Crippen LogP contribution is -2.33. The number of nitrogens with one attached hydrogen (secondary N) is 1. The molecule has 0 aliphatic heterocycles. The third kappa shape index (κ3) is 3.72. The third-order valence-electron chi connectivity index (χ3n) is 5.33. The second-order valence-electron chi connectivity index (χ2n) is 7.49. The lowest BCUT2D eigenvalue weighted by molar-refractivity contribution is -0.687. The van der Waals surface area contributed by atoms with Gasteiger partial charge in [-0.25, -0.2) is 13.8 Å². The number of rotatable bonds is 4.